The molecule has 11 heteroatoms. The van der Waals surface area contributed by atoms with Gasteiger partial charge in [-0.25, -0.2) is 9.59 Å². The van der Waals surface area contributed by atoms with Gasteiger partial charge in [0.25, 0.3) is 0 Å². The Bertz CT molecular complexity index is 885. The standard InChI is InChI=1S/C40H74N4O7/c1-3-5-7-9-11-13-15-17-19-21-23-25-27-29-37(47)43-33(31-35(41)45)39(49)51-40(50)34(32-36(42)46)44-38(48)30-28-26-24-22-20-18-16-14-12-10-8-6-4-2/h33-34H,3-32H2,1-2H3,(H2,41,45)(H2,42,46)(H,43,47)(H,44,48)/t33-,34-/m0/s1. The summed E-state index contributed by atoms with van der Waals surface area (Å²) < 4.78 is 4.90. The van der Waals surface area contributed by atoms with E-state index in [4.69, 9.17) is 16.2 Å². The van der Waals surface area contributed by atoms with Crippen LogP contribution in [0.1, 0.15) is 206 Å². The van der Waals surface area contributed by atoms with Crippen molar-refractivity contribution in [2.45, 2.75) is 219 Å². The summed E-state index contributed by atoms with van der Waals surface area (Å²) in [5, 5.41) is 4.88. The quantitative estimate of drug-likeness (QED) is 0.0289. The lowest BCUT2D eigenvalue weighted by Gasteiger charge is -2.19. The molecule has 0 unspecified atom stereocenters. The van der Waals surface area contributed by atoms with Crippen LogP contribution in [0.15, 0.2) is 0 Å². The number of amides is 4. The molecular formula is C40H74N4O7. The summed E-state index contributed by atoms with van der Waals surface area (Å²) in [6, 6.07) is -2.95. The minimum atomic E-state index is -1.48. The smallest absolute Gasteiger partial charge is 0.336 e. The molecule has 0 bridgehead atoms. The maximum absolute atomic E-state index is 12.8. The van der Waals surface area contributed by atoms with Crippen LogP contribution in [0.4, 0.5) is 0 Å². The summed E-state index contributed by atoms with van der Waals surface area (Å²) in [5.41, 5.74) is 10.6. The third kappa shape index (κ3) is 31.5. The highest BCUT2D eigenvalue weighted by molar-refractivity contribution is 5.97. The van der Waals surface area contributed by atoms with E-state index in [1.807, 2.05) is 0 Å². The number of hydrogen-bond donors (Lipinski definition) is 4. The van der Waals surface area contributed by atoms with E-state index in [-0.39, 0.29) is 12.8 Å². The third-order valence-corrected chi connectivity index (χ3v) is 9.27. The van der Waals surface area contributed by atoms with Gasteiger partial charge in [0, 0.05) is 12.8 Å². The largest absolute Gasteiger partial charge is 0.390 e. The lowest BCUT2D eigenvalue weighted by Crippen LogP contribution is -2.49. The average molecular weight is 723 g/mol. The number of nitrogens with one attached hydrogen (secondary N) is 2. The summed E-state index contributed by atoms with van der Waals surface area (Å²) >= 11 is 0. The summed E-state index contributed by atoms with van der Waals surface area (Å²) in [7, 11) is 0. The van der Waals surface area contributed by atoms with Gasteiger partial charge in [-0.15, -0.1) is 0 Å². The second-order valence-electron chi connectivity index (χ2n) is 14.3. The number of nitrogens with two attached hydrogens (primary N) is 2. The van der Waals surface area contributed by atoms with Crippen LogP contribution in [-0.2, 0) is 33.5 Å². The molecule has 0 aromatic rings. The van der Waals surface area contributed by atoms with Crippen molar-refractivity contribution in [3.05, 3.63) is 0 Å². The molecule has 0 aromatic heterocycles. The molecule has 0 rings (SSSR count). The number of ether oxygens (including phenoxy) is 1. The van der Waals surface area contributed by atoms with E-state index >= 15 is 0 Å². The molecule has 0 fully saturated rings. The van der Waals surface area contributed by atoms with Gasteiger partial charge in [-0.2, -0.15) is 0 Å². The first-order valence-electron chi connectivity index (χ1n) is 20.5. The van der Waals surface area contributed by atoms with Gasteiger partial charge in [0.1, 0.15) is 12.1 Å². The highest BCUT2D eigenvalue weighted by atomic mass is 16.6. The molecule has 0 aliphatic carbocycles. The summed E-state index contributed by atoms with van der Waals surface area (Å²) in [5.74, 6) is -5.06. The average Bonchev–Trinajstić information content (AvgIpc) is 3.07. The molecule has 6 N–H and O–H groups in total. The molecule has 0 aromatic carbocycles. The van der Waals surface area contributed by atoms with E-state index < -0.39 is 60.5 Å². The Labute approximate surface area is 309 Å². The third-order valence-electron chi connectivity index (χ3n) is 9.27. The second kappa shape index (κ2) is 34.1. The van der Waals surface area contributed by atoms with Crippen LogP contribution in [0.3, 0.4) is 0 Å². The van der Waals surface area contributed by atoms with Crippen molar-refractivity contribution in [2.24, 2.45) is 11.5 Å². The molecule has 0 saturated heterocycles. The first-order valence-corrected chi connectivity index (χ1v) is 20.5. The van der Waals surface area contributed by atoms with Gasteiger partial charge in [0.05, 0.1) is 12.8 Å². The van der Waals surface area contributed by atoms with Crippen LogP contribution in [0, 0.1) is 0 Å². The summed E-state index contributed by atoms with van der Waals surface area (Å²) in [4.78, 5) is 73.9. The Morgan fingerprint density at radius 1 is 0.412 bits per heavy atom. The number of esters is 2. The minimum Gasteiger partial charge on any atom is -0.390 e. The molecule has 0 aliphatic rings. The SMILES string of the molecule is CCCCCCCCCCCCCCCC(=O)N[C@@H](CC(N)=O)C(=O)OC(=O)[C@H](CC(N)=O)NC(=O)CCCCCCCCCCCCCCC. The van der Waals surface area contributed by atoms with Gasteiger partial charge in [-0.05, 0) is 12.8 Å². The highest BCUT2D eigenvalue weighted by Gasteiger charge is 2.31. The fraction of sp³-hybridized carbons (Fsp3) is 0.850. The zero-order chi connectivity index (χ0) is 38.0. The summed E-state index contributed by atoms with van der Waals surface area (Å²) in [6.07, 6.45) is 29.5. The monoisotopic (exact) mass is 723 g/mol. The molecule has 51 heavy (non-hydrogen) atoms. The van der Waals surface area contributed by atoms with Gasteiger partial charge < -0.3 is 26.8 Å². The van der Waals surface area contributed by atoms with Crippen molar-refractivity contribution in [1.29, 1.82) is 0 Å². The van der Waals surface area contributed by atoms with Gasteiger partial charge in [-0.1, -0.05) is 168 Å². The van der Waals surface area contributed by atoms with Crippen LogP contribution < -0.4 is 22.1 Å². The topological polar surface area (TPSA) is 188 Å². The number of primary amides is 2. The zero-order valence-electron chi connectivity index (χ0n) is 32.4. The first kappa shape index (κ1) is 48.0. The normalized spacial score (nSPS) is 12.2. The van der Waals surface area contributed by atoms with Crippen molar-refractivity contribution in [3.8, 4) is 0 Å². The molecule has 0 radical (unpaired) electrons. The van der Waals surface area contributed by atoms with Crippen molar-refractivity contribution >= 4 is 35.6 Å². The molecule has 4 amide bonds. The van der Waals surface area contributed by atoms with Crippen LogP contribution >= 0.6 is 0 Å². The Morgan fingerprint density at radius 2 is 0.647 bits per heavy atom. The number of unbranched alkanes of at least 4 members (excludes halogenated alkanes) is 24. The number of rotatable bonds is 36. The molecule has 11 nitrogen and oxygen atoms in total. The van der Waals surface area contributed by atoms with E-state index in [0.29, 0.717) is 12.8 Å². The van der Waals surface area contributed by atoms with Crippen LogP contribution in [-0.4, -0.2) is 47.7 Å². The van der Waals surface area contributed by atoms with Gasteiger partial charge >= 0.3 is 11.9 Å². The Morgan fingerprint density at radius 3 is 0.882 bits per heavy atom. The van der Waals surface area contributed by atoms with Crippen molar-refractivity contribution < 1.29 is 33.5 Å². The van der Waals surface area contributed by atoms with E-state index in [0.717, 1.165) is 38.5 Å². The number of carbonyl (C=O) groups excluding carboxylic acids is 6. The van der Waals surface area contributed by atoms with E-state index in [1.165, 1.54) is 116 Å². The zero-order valence-corrected chi connectivity index (χ0v) is 32.4. The maximum Gasteiger partial charge on any atom is 0.336 e. The molecule has 2 atom stereocenters. The maximum atomic E-state index is 12.8. The molecule has 0 spiro atoms. The lowest BCUT2D eigenvalue weighted by atomic mass is 10.0. The molecule has 0 saturated carbocycles. The Balaban J connectivity index is 4.44. The van der Waals surface area contributed by atoms with E-state index in [1.54, 1.807) is 0 Å². The minimum absolute atomic E-state index is 0.147. The Hall–Kier alpha value is -2.98. The fourth-order valence-electron chi connectivity index (χ4n) is 6.17. The molecular weight excluding hydrogens is 648 g/mol. The van der Waals surface area contributed by atoms with Crippen LogP contribution in [0.5, 0.6) is 0 Å². The highest BCUT2D eigenvalue weighted by Crippen LogP contribution is 2.15. The van der Waals surface area contributed by atoms with Crippen LogP contribution in [0.25, 0.3) is 0 Å². The summed E-state index contributed by atoms with van der Waals surface area (Å²) in [6.45, 7) is 4.45. The molecule has 296 valence electrons. The lowest BCUT2D eigenvalue weighted by molar-refractivity contribution is -0.165. The fourth-order valence-corrected chi connectivity index (χ4v) is 6.17. The molecule has 0 aliphatic heterocycles. The van der Waals surface area contributed by atoms with Crippen molar-refractivity contribution in [1.82, 2.24) is 10.6 Å². The predicted molar refractivity (Wildman–Crippen MR) is 203 cm³/mol. The van der Waals surface area contributed by atoms with Gasteiger partial charge in [0.15, 0.2) is 0 Å². The van der Waals surface area contributed by atoms with Crippen molar-refractivity contribution in [3.63, 3.8) is 0 Å². The Kier molecular flexibility index (Phi) is 32.1. The predicted octanol–water partition coefficient (Wildman–Crippen LogP) is 7.74. The second-order valence-corrected chi connectivity index (χ2v) is 14.3. The van der Waals surface area contributed by atoms with E-state index in [2.05, 4.69) is 24.5 Å². The van der Waals surface area contributed by atoms with Crippen LogP contribution in [0.2, 0.25) is 0 Å². The molecule has 0 heterocycles. The number of hydrogen-bond acceptors (Lipinski definition) is 7. The van der Waals surface area contributed by atoms with Gasteiger partial charge in [0.2, 0.25) is 23.6 Å². The first-order chi connectivity index (χ1) is 24.6. The van der Waals surface area contributed by atoms with Crippen molar-refractivity contribution in [2.75, 3.05) is 0 Å². The van der Waals surface area contributed by atoms with Gasteiger partial charge in [-0.3, -0.25) is 19.2 Å². The number of carbonyl (C=O) groups is 6. The van der Waals surface area contributed by atoms with E-state index in [9.17, 15) is 28.8 Å².